The molecular formula is C14H24BFO2. The molecule has 1 aliphatic heterocycles. The minimum atomic E-state index is -0.814. The molecule has 4 heteroatoms. The summed E-state index contributed by atoms with van der Waals surface area (Å²) in [6.45, 7) is 9.91. The van der Waals surface area contributed by atoms with Crippen LogP contribution in [0.25, 0.3) is 0 Å². The Morgan fingerprint density at radius 2 is 1.72 bits per heavy atom. The van der Waals surface area contributed by atoms with E-state index in [1.807, 2.05) is 27.7 Å². The Hall–Kier alpha value is -0.345. The average Bonchev–Trinajstić information content (AvgIpc) is 2.48. The largest absolute Gasteiger partial charge is 0.525 e. The summed E-state index contributed by atoms with van der Waals surface area (Å²) in [5.41, 5.74) is -0.207. The van der Waals surface area contributed by atoms with Gasteiger partial charge in [0.05, 0.1) is 11.2 Å². The second kappa shape index (κ2) is 4.64. The van der Waals surface area contributed by atoms with Crippen LogP contribution in [0.5, 0.6) is 0 Å². The molecule has 0 aromatic heterocycles. The summed E-state index contributed by atoms with van der Waals surface area (Å²) in [6.07, 6.45) is 4.19. The zero-order valence-electron chi connectivity index (χ0n) is 12.2. The van der Waals surface area contributed by atoms with Gasteiger partial charge in [-0.15, -0.1) is 0 Å². The molecule has 0 N–H and O–H groups in total. The Labute approximate surface area is 110 Å². The molecule has 0 amide bonds. The second-order valence-corrected chi connectivity index (χ2v) is 6.61. The molecule has 0 bridgehead atoms. The smallest absolute Gasteiger partial charge is 0.398 e. The SMILES string of the molecule is CC1CCCCC1=C(F)B1OC(C)(C)C(C)(C)O1. The predicted molar refractivity (Wildman–Crippen MR) is 71.8 cm³/mol. The van der Waals surface area contributed by atoms with Gasteiger partial charge in [-0.2, -0.15) is 0 Å². The summed E-state index contributed by atoms with van der Waals surface area (Å²) in [5, 5.41) is 0. The zero-order valence-corrected chi connectivity index (χ0v) is 12.2. The summed E-state index contributed by atoms with van der Waals surface area (Å²) in [6, 6.07) is 0. The predicted octanol–water partition coefficient (Wildman–Crippen LogP) is 4.05. The number of halogens is 1. The summed E-state index contributed by atoms with van der Waals surface area (Å²) >= 11 is 0. The molecule has 2 nitrogen and oxygen atoms in total. The van der Waals surface area contributed by atoms with Crippen molar-refractivity contribution in [2.75, 3.05) is 0 Å². The van der Waals surface area contributed by atoms with E-state index < -0.39 is 18.3 Å². The van der Waals surface area contributed by atoms with Crippen LogP contribution < -0.4 is 0 Å². The lowest BCUT2D eigenvalue weighted by molar-refractivity contribution is 0.00578. The second-order valence-electron chi connectivity index (χ2n) is 6.61. The Morgan fingerprint density at radius 1 is 1.17 bits per heavy atom. The third-order valence-corrected chi connectivity index (χ3v) is 4.70. The van der Waals surface area contributed by atoms with Crippen molar-refractivity contribution in [3.8, 4) is 0 Å². The first-order valence-corrected chi connectivity index (χ1v) is 6.99. The van der Waals surface area contributed by atoms with Crippen molar-refractivity contribution >= 4 is 7.12 Å². The van der Waals surface area contributed by atoms with Crippen LogP contribution >= 0.6 is 0 Å². The topological polar surface area (TPSA) is 18.5 Å². The molecule has 0 spiro atoms. The number of hydrogen-bond donors (Lipinski definition) is 0. The van der Waals surface area contributed by atoms with Crippen molar-refractivity contribution in [3.05, 3.63) is 11.3 Å². The number of allylic oxidation sites excluding steroid dienone is 1. The van der Waals surface area contributed by atoms with E-state index in [-0.39, 0.29) is 5.73 Å². The quantitative estimate of drug-likeness (QED) is 0.657. The van der Waals surface area contributed by atoms with Crippen molar-refractivity contribution < 1.29 is 13.7 Å². The van der Waals surface area contributed by atoms with E-state index >= 15 is 0 Å². The van der Waals surface area contributed by atoms with Crippen LogP contribution in [0.3, 0.4) is 0 Å². The van der Waals surface area contributed by atoms with E-state index in [0.29, 0.717) is 5.92 Å². The van der Waals surface area contributed by atoms with Crippen molar-refractivity contribution in [2.24, 2.45) is 5.92 Å². The summed E-state index contributed by atoms with van der Waals surface area (Å²) < 4.78 is 26.1. The maximum absolute atomic E-state index is 14.6. The van der Waals surface area contributed by atoms with Crippen LogP contribution in [-0.4, -0.2) is 18.3 Å². The lowest BCUT2D eigenvalue weighted by Crippen LogP contribution is -2.41. The Morgan fingerprint density at radius 3 is 2.22 bits per heavy atom. The van der Waals surface area contributed by atoms with Gasteiger partial charge in [0.1, 0.15) is 5.73 Å². The maximum Gasteiger partial charge on any atom is 0.525 e. The highest BCUT2D eigenvalue weighted by Gasteiger charge is 2.53. The van der Waals surface area contributed by atoms with Gasteiger partial charge >= 0.3 is 7.12 Å². The summed E-state index contributed by atoms with van der Waals surface area (Å²) in [4.78, 5) is 0. The molecule has 0 aromatic rings. The maximum atomic E-state index is 14.6. The minimum Gasteiger partial charge on any atom is -0.398 e. The lowest BCUT2D eigenvalue weighted by atomic mass is 9.76. The first-order valence-electron chi connectivity index (χ1n) is 6.99. The number of rotatable bonds is 1. The molecule has 0 aromatic carbocycles. The van der Waals surface area contributed by atoms with Crippen LogP contribution in [0.4, 0.5) is 4.39 Å². The third kappa shape index (κ3) is 2.37. The van der Waals surface area contributed by atoms with Gasteiger partial charge in [-0.05, 0) is 58.4 Å². The molecule has 1 atom stereocenters. The fourth-order valence-corrected chi connectivity index (χ4v) is 2.64. The fraction of sp³-hybridized carbons (Fsp3) is 0.857. The molecule has 2 rings (SSSR count). The van der Waals surface area contributed by atoms with E-state index in [2.05, 4.69) is 6.92 Å². The first kappa shape index (κ1) is 14.1. The van der Waals surface area contributed by atoms with Gasteiger partial charge in [0.15, 0.2) is 0 Å². The van der Waals surface area contributed by atoms with E-state index in [9.17, 15) is 4.39 Å². The van der Waals surface area contributed by atoms with E-state index in [1.54, 1.807) is 0 Å². The lowest BCUT2D eigenvalue weighted by Gasteiger charge is -2.32. The van der Waals surface area contributed by atoms with Crippen LogP contribution in [-0.2, 0) is 9.31 Å². The Bertz CT molecular complexity index is 347. The highest BCUT2D eigenvalue weighted by atomic mass is 19.1. The van der Waals surface area contributed by atoms with Crippen LogP contribution in [0.15, 0.2) is 11.3 Å². The number of hydrogen-bond acceptors (Lipinski definition) is 2. The average molecular weight is 254 g/mol. The molecule has 1 heterocycles. The van der Waals surface area contributed by atoms with Gasteiger partial charge in [0, 0.05) is 0 Å². The van der Waals surface area contributed by atoms with Gasteiger partial charge in [0.2, 0.25) is 0 Å². The first-order chi connectivity index (χ1) is 8.24. The van der Waals surface area contributed by atoms with Gasteiger partial charge in [-0.25, -0.2) is 4.39 Å². The van der Waals surface area contributed by atoms with Crippen LogP contribution in [0.1, 0.15) is 60.3 Å². The molecule has 102 valence electrons. The molecule has 1 aliphatic carbocycles. The molecule has 18 heavy (non-hydrogen) atoms. The minimum absolute atomic E-state index is 0.180. The Kier molecular flexibility index (Phi) is 3.63. The zero-order chi connectivity index (χ0) is 13.6. The normalized spacial score (nSPS) is 33.7. The van der Waals surface area contributed by atoms with Crippen LogP contribution in [0.2, 0.25) is 0 Å². The molecule has 1 unspecified atom stereocenters. The third-order valence-electron chi connectivity index (χ3n) is 4.70. The van der Waals surface area contributed by atoms with Gasteiger partial charge in [-0.1, -0.05) is 13.3 Å². The summed E-state index contributed by atoms with van der Waals surface area (Å²) in [5.74, 6) is 0.317. The van der Waals surface area contributed by atoms with E-state index in [0.717, 1.165) is 24.8 Å². The highest BCUT2D eigenvalue weighted by Crippen LogP contribution is 2.41. The van der Waals surface area contributed by atoms with Gasteiger partial charge in [-0.3, -0.25) is 0 Å². The van der Waals surface area contributed by atoms with Crippen LogP contribution in [0, 0.1) is 5.92 Å². The van der Waals surface area contributed by atoms with Crippen molar-refractivity contribution in [1.82, 2.24) is 0 Å². The molecular weight excluding hydrogens is 230 g/mol. The van der Waals surface area contributed by atoms with Crippen molar-refractivity contribution in [1.29, 1.82) is 0 Å². The van der Waals surface area contributed by atoms with Crippen molar-refractivity contribution in [2.45, 2.75) is 71.5 Å². The van der Waals surface area contributed by atoms with Crippen molar-refractivity contribution in [3.63, 3.8) is 0 Å². The molecule has 0 radical (unpaired) electrons. The standard InChI is InChI=1S/C14H24BFO2/c1-10-8-6-7-9-11(10)12(16)15-17-13(2,3)14(4,5)18-15/h10H,6-9H2,1-5H3. The monoisotopic (exact) mass is 254 g/mol. The van der Waals surface area contributed by atoms with Gasteiger partial charge in [0.25, 0.3) is 0 Å². The Balaban J connectivity index is 2.20. The molecule has 1 saturated carbocycles. The van der Waals surface area contributed by atoms with E-state index in [1.165, 1.54) is 6.42 Å². The van der Waals surface area contributed by atoms with Gasteiger partial charge < -0.3 is 9.31 Å². The highest BCUT2D eigenvalue weighted by molar-refractivity contribution is 6.53. The van der Waals surface area contributed by atoms with E-state index in [4.69, 9.17) is 9.31 Å². The summed E-state index contributed by atoms with van der Waals surface area (Å²) in [7, 11) is -0.814. The molecule has 2 aliphatic rings. The molecule has 1 saturated heterocycles. The molecule has 2 fully saturated rings. The fourth-order valence-electron chi connectivity index (χ4n) is 2.64.